The Hall–Kier alpha value is -2.43. The van der Waals surface area contributed by atoms with Crippen LogP contribution < -0.4 is 4.74 Å². The fourth-order valence-electron chi connectivity index (χ4n) is 1.62. The fourth-order valence-corrected chi connectivity index (χ4v) is 1.62. The Balaban J connectivity index is 2.31. The molecule has 0 radical (unpaired) electrons. The molecule has 0 saturated carbocycles. The molecule has 19 heavy (non-hydrogen) atoms. The minimum Gasteiger partial charge on any atom is -0.478 e. The molecule has 1 aromatic carbocycles. The van der Waals surface area contributed by atoms with Crippen LogP contribution in [-0.2, 0) is 0 Å². The topological polar surface area (TPSA) is 59.4 Å². The summed E-state index contributed by atoms with van der Waals surface area (Å²) in [6.45, 7) is 3.38. The minimum atomic E-state index is -1.06. The van der Waals surface area contributed by atoms with Crippen LogP contribution in [0, 0.1) is 19.7 Å². The van der Waals surface area contributed by atoms with Gasteiger partial charge in [-0.05, 0) is 37.6 Å². The molecule has 1 heterocycles. The molecule has 0 aliphatic heterocycles. The van der Waals surface area contributed by atoms with Gasteiger partial charge >= 0.3 is 5.97 Å². The molecule has 1 aromatic heterocycles. The Labute approximate surface area is 109 Å². The lowest BCUT2D eigenvalue weighted by Crippen LogP contribution is -2.02. The molecule has 0 bridgehead atoms. The molecule has 2 rings (SSSR count). The van der Waals surface area contributed by atoms with E-state index in [1.807, 2.05) is 6.92 Å². The Kier molecular flexibility index (Phi) is 3.46. The van der Waals surface area contributed by atoms with Gasteiger partial charge < -0.3 is 9.84 Å². The number of carbonyl (C=O) groups is 1. The van der Waals surface area contributed by atoms with Gasteiger partial charge in [-0.25, -0.2) is 14.2 Å². The Morgan fingerprint density at radius 3 is 2.63 bits per heavy atom. The maximum atomic E-state index is 13.5. The third kappa shape index (κ3) is 2.88. The lowest BCUT2D eigenvalue weighted by Gasteiger charge is -2.08. The molecule has 0 aliphatic carbocycles. The third-order valence-corrected chi connectivity index (χ3v) is 2.59. The van der Waals surface area contributed by atoms with E-state index in [0.29, 0.717) is 5.69 Å². The van der Waals surface area contributed by atoms with Gasteiger partial charge in [0.15, 0.2) is 11.6 Å². The highest BCUT2D eigenvalue weighted by molar-refractivity contribution is 5.88. The average Bonchev–Trinajstić information content (AvgIpc) is 2.33. The maximum absolute atomic E-state index is 13.5. The van der Waals surface area contributed by atoms with Crippen LogP contribution in [0.2, 0.25) is 0 Å². The van der Waals surface area contributed by atoms with E-state index in [2.05, 4.69) is 4.98 Å². The molecule has 5 heteroatoms. The first-order chi connectivity index (χ1) is 8.97. The summed E-state index contributed by atoms with van der Waals surface area (Å²) < 4.78 is 18.8. The normalized spacial score (nSPS) is 10.3. The summed E-state index contributed by atoms with van der Waals surface area (Å²) in [7, 11) is 0. The monoisotopic (exact) mass is 261 g/mol. The molecule has 0 atom stereocenters. The summed E-state index contributed by atoms with van der Waals surface area (Å²) in [5, 5.41) is 8.89. The number of rotatable bonds is 3. The molecule has 4 nitrogen and oxygen atoms in total. The van der Waals surface area contributed by atoms with Crippen LogP contribution in [0.3, 0.4) is 0 Å². The van der Waals surface area contributed by atoms with Crippen LogP contribution in [0.25, 0.3) is 0 Å². The van der Waals surface area contributed by atoms with Gasteiger partial charge in [-0.3, -0.25) is 0 Å². The summed E-state index contributed by atoms with van der Waals surface area (Å²) in [6, 6.07) is 7.28. The number of nitrogens with zero attached hydrogens (tertiary/aromatic N) is 1. The number of benzene rings is 1. The average molecular weight is 261 g/mol. The van der Waals surface area contributed by atoms with Crippen molar-refractivity contribution in [1.29, 1.82) is 0 Å². The van der Waals surface area contributed by atoms with Crippen LogP contribution >= 0.6 is 0 Å². The second-order valence-electron chi connectivity index (χ2n) is 4.12. The molecule has 0 saturated heterocycles. The third-order valence-electron chi connectivity index (χ3n) is 2.59. The van der Waals surface area contributed by atoms with Gasteiger partial charge in [-0.15, -0.1) is 0 Å². The first kappa shape index (κ1) is 13.0. The number of halogens is 1. The Bertz CT molecular complexity index is 641. The van der Waals surface area contributed by atoms with Crippen molar-refractivity contribution in [3.05, 3.63) is 53.0 Å². The van der Waals surface area contributed by atoms with Crippen molar-refractivity contribution in [3.63, 3.8) is 0 Å². The van der Waals surface area contributed by atoms with Gasteiger partial charge in [-0.2, -0.15) is 0 Å². The van der Waals surface area contributed by atoms with E-state index in [0.717, 1.165) is 5.56 Å². The van der Waals surface area contributed by atoms with E-state index in [1.165, 1.54) is 18.2 Å². The van der Waals surface area contributed by atoms with Crippen molar-refractivity contribution in [1.82, 2.24) is 4.98 Å². The number of aromatic carboxylic acids is 1. The van der Waals surface area contributed by atoms with E-state index < -0.39 is 11.8 Å². The summed E-state index contributed by atoms with van der Waals surface area (Å²) in [6.07, 6.45) is 0. The number of hydrogen-bond acceptors (Lipinski definition) is 3. The lowest BCUT2D eigenvalue weighted by molar-refractivity contribution is 0.0695. The van der Waals surface area contributed by atoms with Crippen LogP contribution in [0.5, 0.6) is 11.6 Å². The van der Waals surface area contributed by atoms with Crippen LogP contribution in [0.15, 0.2) is 30.3 Å². The van der Waals surface area contributed by atoms with Crippen molar-refractivity contribution < 1.29 is 19.0 Å². The summed E-state index contributed by atoms with van der Waals surface area (Å²) in [5.74, 6) is -1.33. The molecule has 1 N–H and O–H groups in total. The quantitative estimate of drug-likeness (QED) is 0.920. The van der Waals surface area contributed by atoms with Crippen LogP contribution in [0.4, 0.5) is 4.39 Å². The van der Waals surface area contributed by atoms with Gasteiger partial charge in [0.1, 0.15) is 0 Å². The summed E-state index contributed by atoms with van der Waals surface area (Å²) >= 11 is 0. The van der Waals surface area contributed by atoms with Crippen molar-refractivity contribution in [3.8, 4) is 11.6 Å². The zero-order chi connectivity index (χ0) is 14.0. The largest absolute Gasteiger partial charge is 0.478 e. The standard InChI is InChI=1S/C14H12FNO3/c1-8-3-5-11(15)12(7-8)19-13-6-4-10(14(17)18)9(2)16-13/h3-7H,1-2H3,(H,17,18). The number of aryl methyl sites for hydroxylation is 2. The van der Waals surface area contributed by atoms with Gasteiger partial charge in [0, 0.05) is 6.07 Å². The van der Waals surface area contributed by atoms with E-state index in [-0.39, 0.29) is 17.2 Å². The highest BCUT2D eigenvalue weighted by Crippen LogP contribution is 2.24. The molecule has 2 aromatic rings. The second kappa shape index (κ2) is 5.06. The second-order valence-corrected chi connectivity index (χ2v) is 4.12. The SMILES string of the molecule is Cc1ccc(F)c(Oc2ccc(C(=O)O)c(C)n2)c1. The van der Waals surface area contributed by atoms with Gasteiger partial charge in [0.25, 0.3) is 0 Å². The smallest absolute Gasteiger partial charge is 0.337 e. The van der Waals surface area contributed by atoms with E-state index in [9.17, 15) is 9.18 Å². The number of aromatic nitrogens is 1. The van der Waals surface area contributed by atoms with E-state index in [4.69, 9.17) is 9.84 Å². The van der Waals surface area contributed by atoms with Crippen molar-refractivity contribution >= 4 is 5.97 Å². The fraction of sp³-hybridized carbons (Fsp3) is 0.143. The first-order valence-electron chi connectivity index (χ1n) is 5.62. The molecule has 98 valence electrons. The molecule has 0 unspecified atom stereocenters. The van der Waals surface area contributed by atoms with E-state index in [1.54, 1.807) is 19.1 Å². The first-order valence-corrected chi connectivity index (χ1v) is 5.62. The predicted octanol–water partition coefficient (Wildman–Crippen LogP) is 3.33. The molecular formula is C14H12FNO3. The number of carboxylic acid groups (broad SMARTS) is 1. The number of carboxylic acids is 1. The minimum absolute atomic E-state index is 0.0648. The molecule has 0 spiro atoms. The predicted molar refractivity (Wildman–Crippen MR) is 67.1 cm³/mol. The van der Waals surface area contributed by atoms with Crippen molar-refractivity contribution in [2.75, 3.05) is 0 Å². The highest BCUT2D eigenvalue weighted by Gasteiger charge is 2.11. The molecule has 0 aliphatic rings. The Morgan fingerprint density at radius 2 is 2.00 bits per heavy atom. The summed E-state index contributed by atoms with van der Waals surface area (Å²) in [5.41, 5.74) is 1.27. The zero-order valence-electron chi connectivity index (χ0n) is 10.5. The van der Waals surface area contributed by atoms with Gasteiger partial charge in [0.2, 0.25) is 5.88 Å². The van der Waals surface area contributed by atoms with Crippen LogP contribution in [-0.4, -0.2) is 16.1 Å². The molecular weight excluding hydrogens is 249 g/mol. The lowest BCUT2D eigenvalue weighted by atomic mass is 10.2. The highest BCUT2D eigenvalue weighted by atomic mass is 19.1. The van der Waals surface area contributed by atoms with Crippen LogP contribution in [0.1, 0.15) is 21.6 Å². The number of pyridine rings is 1. The molecule has 0 fully saturated rings. The van der Waals surface area contributed by atoms with Gasteiger partial charge in [0.05, 0.1) is 11.3 Å². The van der Waals surface area contributed by atoms with Crippen molar-refractivity contribution in [2.24, 2.45) is 0 Å². The van der Waals surface area contributed by atoms with Gasteiger partial charge in [-0.1, -0.05) is 6.07 Å². The molecule has 0 amide bonds. The number of ether oxygens (including phenoxy) is 1. The van der Waals surface area contributed by atoms with Crippen molar-refractivity contribution in [2.45, 2.75) is 13.8 Å². The maximum Gasteiger partial charge on any atom is 0.337 e. The zero-order valence-corrected chi connectivity index (χ0v) is 10.5. The Morgan fingerprint density at radius 1 is 1.26 bits per heavy atom. The number of hydrogen-bond donors (Lipinski definition) is 1. The van der Waals surface area contributed by atoms with E-state index >= 15 is 0 Å². The summed E-state index contributed by atoms with van der Waals surface area (Å²) in [4.78, 5) is 14.8.